The second-order valence-electron chi connectivity index (χ2n) is 7.88. The first-order valence-corrected chi connectivity index (χ1v) is 11.5. The van der Waals surface area contributed by atoms with Gasteiger partial charge in [-0.2, -0.15) is 0 Å². The Bertz CT molecular complexity index is 1110. The smallest absolute Gasteiger partial charge is 0.259 e. The lowest BCUT2D eigenvalue weighted by Crippen LogP contribution is -2.18. The van der Waals surface area contributed by atoms with Crippen molar-refractivity contribution in [1.82, 2.24) is 9.97 Å². The van der Waals surface area contributed by atoms with Crippen molar-refractivity contribution in [3.05, 3.63) is 44.8 Å². The van der Waals surface area contributed by atoms with Crippen LogP contribution in [0, 0.1) is 5.92 Å². The van der Waals surface area contributed by atoms with Crippen LogP contribution >= 0.6 is 11.3 Å². The maximum atomic E-state index is 12.9. The fourth-order valence-electron chi connectivity index (χ4n) is 4.03. The molecule has 0 saturated heterocycles. The summed E-state index contributed by atoms with van der Waals surface area (Å²) in [5, 5.41) is 4.21. The summed E-state index contributed by atoms with van der Waals surface area (Å²) in [6.07, 6.45) is 3.16. The number of hydrogen-bond donors (Lipinski definition) is 2. The Morgan fingerprint density at radius 3 is 2.80 bits per heavy atom. The number of aryl methyl sites for hydroxylation is 1. The summed E-state index contributed by atoms with van der Waals surface area (Å²) in [6, 6.07) is 5.61. The van der Waals surface area contributed by atoms with Gasteiger partial charge >= 0.3 is 0 Å². The van der Waals surface area contributed by atoms with E-state index in [2.05, 4.69) is 17.2 Å². The Morgan fingerprint density at radius 1 is 1.27 bits per heavy atom. The van der Waals surface area contributed by atoms with E-state index < -0.39 is 0 Å². The van der Waals surface area contributed by atoms with Gasteiger partial charge in [0.1, 0.15) is 10.7 Å². The molecule has 4 rings (SSSR count). The SMILES string of the molecule is CCOc1ccc(N[C@H](C)c2nc3sc4c(c3c(=O)[nH]2)CC[C@H](C)C4)cc1OCC. The van der Waals surface area contributed by atoms with Crippen molar-refractivity contribution in [2.24, 2.45) is 5.92 Å². The van der Waals surface area contributed by atoms with Gasteiger partial charge in [0.15, 0.2) is 11.5 Å². The highest BCUT2D eigenvalue weighted by Gasteiger charge is 2.23. The predicted octanol–water partition coefficient (Wildman–Crippen LogP) is 5.08. The van der Waals surface area contributed by atoms with Gasteiger partial charge in [0.2, 0.25) is 0 Å². The van der Waals surface area contributed by atoms with Crippen molar-refractivity contribution in [3.8, 4) is 11.5 Å². The molecule has 0 unspecified atom stereocenters. The highest BCUT2D eigenvalue weighted by molar-refractivity contribution is 7.18. The number of anilines is 1. The van der Waals surface area contributed by atoms with Gasteiger partial charge in [-0.15, -0.1) is 11.3 Å². The lowest BCUT2D eigenvalue weighted by Gasteiger charge is -2.18. The molecule has 0 spiro atoms. The van der Waals surface area contributed by atoms with Crippen molar-refractivity contribution in [3.63, 3.8) is 0 Å². The van der Waals surface area contributed by atoms with E-state index in [1.165, 1.54) is 10.4 Å². The summed E-state index contributed by atoms with van der Waals surface area (Å²) < 4.78 is 11.3. The standard InChI is InChI=1S/C23H29N3O3S/c1-5-28-17-10-8-15(12-18(17)29-6-2)24-14(4)21-25-22(27)20-16-9-7-13(3)11-19(16)30-23(20)26-21/h8,10,12-14,24H,5-7,9,11H2,1-4H3,(H,25,26,27)/t13-,14+/m0/s1. The van der Waals surface area contributed by atoms with E-state index in [4.69, 9.17) is 14.5 Å². The summed E-state index contributed by atoms with van der Waals surface area (Å²) in [7, 11) is 0. The molecule has 0 amide bonds. The van der Waals surface area contributed by atoms with E-state index in [0.29, 0.717) is 30.7 Å². The summed E-state index contributed by atoms with van der Waals surface area (Å²) in [5.41, 5.74) is 2.07. The minimum Gasteiger partial charge on any atom is -0.490 e. The van der Waals surface area contributed by atoms with Crippen LogP contribution in [0.3, 0.4) is 0 Å². The zero-order valence-electron chi connectivity index (χ0n) is 18.0. The predicted molar refractivity (Wildman–Crippen MR) is 122 cm³/mol. The van der Waals surface area contributed by atoms with Crippen LogP contribution in [0.25, 0.3) is 10.2 Å². The van der Waals surface area contributed by atoms with Crippen LogP contribution in [0.1, 0.15) is 56.4 Å². The Balaban J connectivity index is 1.61. The molecule has 7 heteroatoms. The van der Waals surface area contributed by atoms with Gasteiger partial charge in [0.25, 0.3) is 5.56 Å². The minimum absolute atomic E-state index is 0.0302. The number of nitrogens with one attached hydrogen (secondary N) is 2. The van der Waals surface area contributed by atoms with E-state index in [1.54, 1.807) is 11.3 Å². The Labute approximate surface area is 180 Å². The van der Waals surface area contributed by atoms with E-state index in [9.17, 15) is 4.79 Å². The average Bonchev–Trinajstić information content (AvgIpc) is 3.08. The molecule has 6 nitrogen and oxygen atoms in total. The molecule has 2 atom stereocenters. The zero-order valence-corrected chi connectivity index (χ0v) is 18.8. The van der Waals surface area contributed by atoms with Crippen molar-refractivity contribution >= 4 is 27.2 Å². The molecule has 30 heavy (non-hydrogen) atoms. The van der Waals surface area contributed by atoms with Crippen LogP contribution in [-0.2, 0) is 12.8 Å². The second-order valence-corrected chi connectivity index (χ2v) is 8.96. The third-order valence-corrected chi connectivity index (χ3v) is 6.67. The Kier molecular flexibility index (Phi) is 5.99. The van der Waals surface area contributed by atoms with Gasteiger partial charge in [-0.3, -0.25) is 4.79 Å². The second kappa shape index (κ2) is 8.68. The third kappa shape index (κ3) is 4.03. The maximum Gasteiger partial charge on any atom is 0.259 e. The molecule has 0 saturated carbocycles. The summed E-state index contributed by atoms with van der Waals surface area (Å²) in [4.78, 5) is 22.9. The number of H-pyrrole nitrogens is 1. The zero-order chi connectivity index (χ0) is 21.3. The molecule has 0 aliphatic heterocycles. The van der Waals surface area contributed by atoms with Crippen molar-refractivity contribution < 1.29 is 9.47 Å². The number of aromatic amines is 1. The topological polar surface area (TPSA) is 76.2 Å². The fourth-order valence-corrected chi connectivity index (χ4v) is 5.42. The molecular formula is C23H29N3O3S. The number of benzene rings is 1. The molecule has 0 bridgehead atoms. The molecular weight excluding hydrogens is 398 g/mol. The normalized spacial score (nSPS) is 16.9. The van der Waals surface area contributed by atoms with Crippen LogP contribution in [0.5, 0.6) is 11.5 Å². The van der Waals surface area contributed by atoms with Gasteiger partial charge in [-0.05, 0) is 63.6 Å². The van der Waals surface area contributed by atoms with Crippen LogP contribution in [-0.4, -0.2) is 23.2 Å². The maximum absolute atomic E-state index is 12.9. The number of thiophene rings is 1. The summed E-state index contributed by atoms with van der Waals surface area (Å²) in [6.45, 7) is 9.31. The van der Waals surface area contributed by atoms with Gasteiger partial charge in [0, 0.05) is 16.6 Å². The van der Waals surface area contributed by atoms with Crippen molar-refractivity contribution in [1.29, 1.82) is 0 Å². The first-order chi connectivity index (χ1) is 14.5. The monoisotopic (exact) mass is 427 g/mol. The Hall–Kier alpha value is -2.54. The molecule has 3 aromatic rings. The molecule has 0 radical (unpaired) electrons. The Morgan fingerprint density at radius 2 is 2.03 bits per heavy atom. The largest absolute Gasteiger partial charge is 0.490 e. The van der Waals surface area contributed by atoms with E-state index in [1.807, 2.05) is 39.0 Å². The van der Waals surface area contributed by atoms with Gasteiger partial charge in [-0.25, -0.2) is 4.98 Å². The first-order valence-electron chi connectivity index (χ1n) is 10.7. The average molecular weight is 428 g/mol. The van der Waals surface area contributed by atoms with Crippen LogP contribution in [0.15, 0.2) is 23.0 Å². The molecule has 2 aromatic heterocycles. The molecule has 1 aliphatic carbocycles. The van der Waals surface area contributed by atoms with Gasteiger partial charge in [-0.1, -0.05) is 6.92 Å². The van der Waals surface area contributed by atoms with E-state index in [-0.39, 0.29) is 11.6 Å². The minimum atomic E-state index is -0.160. The summed E-state index contributed by atoms with van der Waals surface area (Å²) in [5.74, 6) is 2.74. The number of fused-ring (bicyclic) bond motifs is 3. The number of rotatable bonds is 7. The highest BCUT2D eigenvalue weighted by Crippen LogP contribution is 2.36. The van der Waals surface area contributed by atoms with Crippen molar-refractivity contribution in [2.45, 2.75) is 53.0 Å². The van der Waals surface area contributed by atoms with Crippen LogP contribution in [0.2, 0.25) is 0 Å². The molecule has 160 valence electrons. The molecule has 2 N–H and O–H groups in total. The molecule has 1 aliphatic rings. The van der Waals surface area contributed by atoms with Crippen molar-refractivity contribution in [2.75, 3.05) is 18.5 Å². The third-order valence-electron chi connectivity index (χ3n) is 5.52. The number of aromatic nitrogens is 2. The molecule has 2 heterocycles. The number of ether oxygens (including phenoxy) is 2. The molecule has 1 aromatic carbocycles. The van der Waals surface area contributed by atoms with E-state index in [0.717, 1.165) is 40.9 Å². The highest BCUT2D eigenvalue weighted by atomic mass is 32.1. The number of nitrogens with zero attached hydrogens (tertiary/aromatic N) is 1. The lowest BCUT2D eigenvalue weighted by atomic mass is 9.89. The van der Waals surface area contributed by atoms with Gasteiger partial charge < -0.3 is 19.8 Å². The summed E-state index contributed by atoms with van der Waals surface area (Å²) >= 11 is 1.68. The lowest BCUT2D eigenvalue weighted by molar-refractivity contribution is 0.288. The van der Waals surface area contributed by atoms with Gasteiger partial charge in [0.05, 0.1) is 24.6 Å². The quantitative estimate of drug-likeness (QED) is 0.550. The van der Waals surface area contributed by atoms with E-state index >= 15 is 0 Å². The molecule has 0 fully saturated rings. The fraction of sp³-hybridized carbons (Fsp3) is 0.478. The number of hydrogen-bond acceptors (Lipinski definition) is 6. The first kappa shape index (κ1) is 20.7. The van der Waals surface area contributed by atoms with Crippen LogP contribution < -0.4 is 20.3 Å². The van der Waals surface area contributed by atoms with Crippen LogP contribution in [0.4, 0.5) is 5.69 Å².